The van der Waals surface area contributed by atoms with E-state index < -0.39 is 0 Å². The van der Waals surface area contributed by atoms with E-state index in [2.05, 4.69) is 11.4 Å². The molecule has 0 bridgehead atoms. The first-order valence-corrected chi connectivity index (χ1v) is 6.24. The van der Waals surface area contributed by atoms with E-state index in [9.17, 15) is 0 Å². The van der Waals surface area contributed by atoms with Crippen molar-refractivity contribution in [2.45, 2.75) is 18.9 Å². The van der Waals surface area contributed by atoms with Gasteiger partial charge in [-0.25, -0.2) is 0 Å². The van der Waals surface area contributed by atoms with Crippen LogP contribution in [0.4, 0.5) is 5.69 Å². The highest BCUT2D eigenvalue weighted by atomic mass is 35.5. The lowest BCUT2D eigenvalue weighted by atomic mass is 10.1. The van der Waals surface area contributed by atoms with Crippen molar-refractivity contribution in [1.29, 1.82) is 5.26 Å². The molecule has 0 aliphatic rings. The summed E-state index contributed by atoms with van der Waals surface area (Å²) in [4.78, 5) is 0. The second kappa shape index (κ2) is 7.93. The average molecular weight is 268 g/mol. The standard InChI is InChI=1S/C13H18ClN3O/c1-18-9-12(3-2-6-15)17-13-7-11(14)5-4-10(13)8-16/h4-5,7,12,17H,2-3,6,9,15H2,1H3. The molecule has 0 amide bonds. The van der Waals surface area contributed by atoms with Crippen LogP contribution >= 0.6 is 11.6 Å². The van der Waals surface area contributed by atoms with Crippen molar-refractivity contribution in [3.8, 4) is 6.07 Å². The number of methoxy groups -OCH3 is 1. The zero-order valence-corrected chi connectivity index (χ0v) is 11.2. The summed E-state index contributed by atoms with van der Waals surface area (Å²) in [5.41, 5.74) is 6.82. The zero-order valence-electron chi connectivity index (χ0n) is 10.4. The first-order valence-electron chi connectivity index (χ1n) is 5.86. The van der Waals surface area contributed by atoms with Crippen LogP contribution in [0.15, 0.2) is 18.2 Å². The van der Waals surface area contributed by atoms with E-state index >= 15 is 0 Å². The maximum Gasteiger partial charge on any atom is 0.101 e. The Balaban J connectivity index is 2.79. The van der Waals surface area contributed by atoms with E-state index in [1.807, 2.05) is 0 Å². The van der Waals surface area contributed by atoms with Crippen molar-refractivity contribution < 1.29 is 4.74 Å². The van der Waals surface area contributed by atoms with Crippen molar-refractivity contribution >= 4 is 17.3 Å². The summed E-state index contributed by atoms with van der Waals surface area (Å²) in [7, 11) is 1.65. The first kappa shape index (κ1) is 14.8. The highest BCUT2D eigenvalue weighted by Crippen LogP contribution is 2.21. The molecule has 18 heavy (non-hydrogen) atoms. The quantitative estimate of drug-likeness (QED) is 0.796. The lowest BCUT2D eigenvalue weighted by Crippen LogP contribution is -2.26. The van der Waals surface area contributed by atoms with Crippen LogP contribution in [-0.2, 0) is 4.74 Å². The molecule has 0 saturated heterocycles. The van der Waals surface area contributed by atoms with Gasteiger partial charge in [-0.2, -0.15) is 5.26 Å². The largest absolute Gasteiger partial charge is 0.383 e. The number of anilines is 1. The van der Waals surface area contributed by atoms with Gasteiger partial charge in [0.15, 0.2) is 0 Å². The molecular formula is C13H18ClN3O. The molecule has 1 atom stereocenters. The summed E-state index contributed by atoms with van der Waals surface area (Å²) in [6.45, 7) is 1.21. The third kappa shape index (κ3) is 4.53. The van der Waals surface area contributed by atoms with Gasteiger partial charge in [0.2, 0.25) is 0 Å². The molecule has 0 fully saturated rings. The van der Waals surface area contributed by atoms with Gasteiger partial charge in [0.25, 0.3) is 0 Å². The second-order valence-corrected chi connectivity index (χ2v) is 4.47. The molecule has 1 unspecified atom stereocenters. The Hall–Kier alpha value is -1.28. The van der Waals surface area contributed by atoms with Crippen molar-refractivity contribution in [1.82, 2.24) is 0 Å². The summed E-state index contributed by atoms with van der Waals surface area (Å²) in [6, 6.07) is 7.43. The number of nitrogens with one attached hydrogen (secondary N) is 1. The molecule has 5 heteroatoms. The Kier molecular flexibility index (Phi) is 6.51. The van der Waals surface area contributed by atoms with Gasteiger partial charge in [-0.3, -0.25) is 0 Å². The van der Waals surface area contributed by atoms with Crippen molar-refractivity contribution in [3.05, 3.63) is 28.8 Å². The summed E-state index contributed by atoms with van der Waals surface area (Å²) in [5.74, 6) is 0. The Morgan fingerprint density at radius 2 is 2.33 bits per heavy atom. The number of hydrogen-bond acceptors (Lipinski definition) is 4. The molecule has 0 heterocycles. The second-order valence-electron chi connectivity index (χ2n) is 4.03. The van der Waals surface area contributed by atoms with Gasteiger partial charge < -0.3 is 15.8 Å². The Labute approximate surface area is 113 Å². The number of hydrogen-bond donors (Lipinski definition) is 2. The van der Waals surface area contributed by atoms with Crippen LogP contribution in [0.3, 0.4) is 0 Å². The van der Waals surface area contributed by atoms with Crippen LogP contribution in [0.5, 0.6) is 0 Å². The number of nitriles is 1. The lowest BCUT2D eigenvalue weighted by Gasteiger charge is -2.19. The first-order chi connectivity index (χ1) is 8.71. The molecule has 1 rings (SSSR count). The number of halogens is 1. The fraction of sp³-hybridized carbons (Fsp3) is 0.462. The third-order valence-corrected chi connectivity index (χ3v) is 2.82. The van der Waals surface area contributed by atoms with Crippen LogP contribution in [0.1, 0.15) is 18.4 Å². The molecule has 0 aliphatic heterocycles. The molecule has 0 saturated carbocycles. The van der Waals surface area contributed by atoms with E-state index in [1.54, 1.807) is 25.3 Å². The fourth-order valence-corrected chi connectivity index (χ4v) is 1.89. The number of rotatable bonds is 7. The predicted octanol–water partition coefficient (Wildman–Crippen LogP) is 2.38. The van der Waals surface area contributed by atoms with E-state index in [0.29, 0.717) is 23.7 Å². The molecular weight excluding hydrogens is 250 g/mol. The van der Waals surface area contributed by atoms with Gasteiger partial charge in [-0.1, -0.05) is 11.6 Å². The minimum absolute atomic E-state index is 0.129. The van der Waals surface area contributed by atoms with E-state index in [1.165, 1.54) is 0 Å². The van der Waals surface area contributed by atoms with Gasteiger partial charge in [-0.05, 0) is 37.6 Å². The molecule has 3 N–H and O–H groups in total. The Bertz CT molecular complexity index is 417. The maximum atomic E-state index is 9.04. The highest BCUT2D eigenvalue weighted by Gasteiger charge is 2.11. The van der Waals surface area contributed by atoms with Gasteiger partial charge in [0.1, 0.15) is 6.07 Å². The van der Waals surface area contributed by atoms with Crippen molar-refractivity contribution in [2.75, 3.05) is 25.6 Å². The average Bonchev–Trinajstić information content (AvgIpc) is 2.36. The van der Waals surface area contributed by atoms with Crippen LogP contribution in [0.25, 0.3) is 0 Å². The van der Waals surface area contributed by atoms with Crippen LogP contribution in [0, 0.1) is 11.3 Å². The zero-order chi connectivity index (χ0) is 13.4. The van der Waals surface area contributed by atoms with Gasteiger partial charge >= 0.3 is 0 Å². The van der Waals surface area contributed by atoms with E-state index in [4.69, 9.17) is 27.3 Å². The third-order valence-electron chi connectivity index (χ3n) is 2.59. The van der Waals surface area contributed by atoms with Crippen LogP contribution < -0.4 is 11.1 Å². The molecule has 98 valence electrons. The summed E-state index contributed by atoms with van der Waals surface area (Å²) in [5, 5.41) is 12.9. The molecule has 0 spiro atoms. The lowest BCUT2D eigenvalue weighted by molar-refractivity contribution is 0.182. The number of ether oxygens (including phenoxy) is 1. The van der Waals surface area contributed by atoms with Crippen LogP contribution in [-0.4, -0.2) is 26.3 Å². The number of benzene rings is 1. The van der Waals surface area contributed by atoms with Crippen molar-refractivity contribution in [3.63, 3.8) is 0 Å². The molecule has 1 aromatic carbocycles. The van der Waals surface area contributed by atoms with Gasteiger partial charge in [-0.15, -0.1) is 0 Å². The smallest absolute Gasteiger partial charge is 0.101 e. The summed E-state index contributed by atoms with van der Waals surface area (Å²) >= 11 is 5.94. The Morgan fingerprint density at radius 3 is 2.94 bits per heavy atom. The number of nitrogens with zero attached hydrogens (tertiary/aromatic N) is 1. The minimum atomic E-state index is 0.129. The van der Waals surface area contributed by atoms with Gasteiger partial charge in [0, 0.05) is 18.2 Å². The minimum Gasteiger partial charge on any atom is -0.383 e. The Morgan fingerprint density at radius 1 is 1.56 bits per heavy atom. The maximum absolute atomic E-state index is 9.04. The SMILES string of the molecule is COCC(CCCN)Nc1cc(Cl)ccc1C#N. The predicted molar refractivity (Wildman–Crippen MR) is 73.7 cm³/mol. The monoisotopic (exact) mass is 267 g/mol. The molecule has 0 radical (unpaired) electrons. The molecule has 0 aliphatic carbocycles. The van der Waals surface area contributed by atoms with E-state index in [-0.39, 0.29) is 6.04 Å². The van der Waals surface area contributed by atoms with Crippen molar-refractivity contribution in [2.24, 2.45) is 5.73 Å². The van der Waals surface area contributed by atoms with Crippen LogP contribution in [0.2, 0.25) is 5.02 Å². The van der Waals surface area contributed by atoms with E-state index in [0.717, 1.165) is 18.5 Å². The summed E-state index contributed by atoms with van der Waals surface area (Å²) in [6.07, 6.45) is 1.80. The molecule has 4 nitrogen and oxygen atoms in total. The highest BCUT2D eigenvalue weighted by molar-refractivity contribution is 6.30. The topological polar surface area (TPSA) is 71.1 Å². The summed E-state index contributed by atoms with van der Waals surface area (Å²) < 4.78 is 5.16. The number of nitrogens with two attached hydrogens (primary N) is 1. The fourth-order valence-electron chi connectivity index (χ4n) is 1.72. The van der Waals surface area contributed by atoms with Gasteiger partial charge in [0.05, 0.1) is 17.9 Å². The molecule has 0 aromatic heterocycles. The normalized spacial score (nSPS) is 11.9. The molecule has 1 aromatic rings.